The summed E-state index contributed by atoms with van der Waals surface area (Å²) in [6.45, 7) is 4.13. The Labute approximate surface area is 155 Å². The quantitative estimate of drug-likeness (QED) is 0.824. The lowest BCUT2D eigenvalue weighted by Gasteiger charge is -2.36. The highest BCUT2D eigenvalue weighted by Gasteiger charge is 2.58. The van der Waals surface area contributed by atoms with Gasteiger partial charge in [-0.15, -0.1) is 0 Å². The second-order valence-corrected chi connectivity index (χ2v) is 8.09. The normalized spacial score (nSPS) is 23.0. The fraction of sp³-hybridized carbons (Fsp3) is 0.619. The highest BCUT2D eigenvalue weighted by atomic mass is 16.2. The molecule has 2 aliphatic carbocycles. The summed E-state index contributed by atoms with van der Waals surface area (Å²) in [7, 11) is 0. The van der Waals surface area contributed by atoms with Crippen molar-refractivity contribution in [1.29, 1.82) is 0 Å². The highest BCUT2D eigenvalue weighted by Crippen LogP contribution is 2.48. The van der Waals surface area contributed by atoms with Gasteiger partial charge in [-0.3, -0.25) is 14.5 Å². The first-order valence-electron chi connectivity index (χ1n) is 10.0. The van der Waals surface area contributed by atoms with Gasteiger partial charge in [-0.1, -0.05) is 43.2 Å². The van der Waals surface area contributed by atoms with Crippen molar-refractivity contribution in [3.8, 4) is 0 Å². The molecule has 0 unspecified atom stereocenters. The summed E-state index contributed by atoms with van der Waals surface area (Å²) in [5, 5.41) is 3.15. The predicted octanol–water partition coefficient (Wildman–Crippen LogP) is 2.17. The van der Waals surface area contributed by atoms with Crippen LogP contribution in [-0.4, -0.2) is 53.8 Å². The van der Waals surface area contributed by atoms with E-state index < -0.39 is 5.41 Å². The van der Waals surface area contributed by atoms with E-state index in [1.165, 1.54) is 18.4 Å². The second-order valence-electron chi connectivity index (χ2n) is 8.09. The molecule has 0 atom stereocenters. The molecule has 140 valence electrons. The van der Waals surface area contributed by atoms with Gasteiger partial charge in [0.1, 0.15) is 5.41 Å². The van der Waals surface area contributed by atoms with Crippen molar-refractivity contribution in [2.24, 2.45) is 5.41 Å². The number of benzene rings is 1. The van der Waals surface area contributed by atoms with Crippen LogP contribution in [0.3, 0.4) is 0 Å². The minimum Gasteiger partial charge on any atom is -0.352 e. The lowest BCUT2D eigenvalue weighted by Crippen LogP contribution is -2.53. The molecule has 5 nitrogen and oxygen atoms in total. The SMILES string of the molecule is O=C(NC1CCCC1)C1(C(=O)N2CCN(Cc3ccccc3)CC2)CC1. The van der Waals surface area contributed by atoms with Crippen LogP contribution in [0.2, 0.25) is 0 Å². The van der Waals surface area contributed by atoms with Crippen molar-refractivity contribution in [3.63, 3.8) is 0 Å². The Morgan fingerprint density at radius 1 is 1.00 bits per heavy atom. The maximum atomic E-state index is 13.0. The number of carbonyl (C=O) groups is 2. The summed E-state index contributed by atoms with van der Waals surface area (Å²) in [4.78, 5) is 30.0. The first-order valence-corrected chi connectivity index (χ1v) is 10.0. The van der Waals surface area contributed by atoms with Crippen molar-refractivity contribution in [3.05, 3.63) is 35.9 Å². The Balaban J connectivity index is 1.29. The van der Waals surface area contributed by atoms with Gasteiger partial charge in [-0.25, -0.2) is 0 Å². The molecule has 4 rings (SSSR count). The summed E-state index contributed by atoms with van der Waals surface area (Å²) in [6, 6.07) is 10.7. The van der Waals surface area contributed by atoms with Crippen LogP contribution in [0.25, 0.3) is 0 Å². The summed E-state index contributed by atoms with van der Waals surface area (Å²) < 4.78 is 0. The van der Waals surface area contributed by atoms with E-state index in [0.717, 1.165) is 45.6 Å². The van der Waals surface area contributed by atoms with E-state index >= 15 is 0 Å². The number of rotatable bonds is 5. The summed E-state index contributed by atoms with van der Waals surface area (Å²) >= 11 is 0. The van der Waals surface area contributed by atoms with Crippen molar-refractivity contribution in [1.82, 2.24) is 15.1 Å². The Hall–Kier alpha value is -1.88. The van der Waals surface area contributed by atoms with Gasteiger partial charge in [0.25, 0.3) is 0 Å². The number of nitrogens with zero attached hydrogens (tertiary/aromatic N) is 2. The van der Waals surface area contributed by atoms with Gasteiger partial charge in [0.2, 0.25) is 11.8 Å². The summed E-state index contributed by atoms with van der Waals surface area (Å²) in [6.07, 6.45) is 5.94. The van der Waals surface area contributed by atoms with E-state index in [1.54, 1.807) is 0 Å². The smallest absolute Gasteiger partial charge is 0.238 e. The molecule has 1 aliphatic heterocycles. The molecule has 3 fully saturated rings. The lowest BCUT2D eigenvalue weighted by atomic mass is 10.0. The minimum absolute atomic E-state index is 0.0129. The van der Waals surface area contributed by atoms with Crippen LogP contribution in [0.5, 0.6) is 0 Å². The number of carbonyl (C=O) groups excluding carboxylic acids is 2. The lowest BCUT2D eigenvalue weighted by molar-refractivity contribution is -0.145. The fourth-order valence-corrected chi connectivity index (χ4v) is 4.31. The van der Waals surface area contributed by atoms with Crippen molar-refractivity contribution in [2.45, 2.75) is 51.1 Å². The number of hydrogen-bond donors (Lipinski definition) is 1. The third-order valence-corrected chi connectivity index (χ3v) is 6.19. The highest BCUT2D eigenvalue weighted by molar-refractivity contribution is 6.08. The standard InChI is InChI=1S/C21H29N3O2/c25-19(22-18-8-4-5-9-18)21(10-11-21)20(26)24-14-12-23(13-15-24)16-17-6-2-1-3-7-17/h1-3,6-7,18H,4-5,8-16H2,(H,22,25). The van der Waals surface area contributed by atoms with Gasteiger partial charge < -0.3 is 10.2 Å². The predicted molar refractivity (Wildman–Crippen MR) is 100 cm³/mol. The van der Waals surface area contributed by atoms with Gasteiger partial charge in [0, 0.05) is 38.8 Å². The van der Waals surface area contributed by atoms with Crippen LogP contribution in [-0.2, 0) is 16.1 Å². The minimum atomic E-state index is -0.746. The Bertz CT molecular complexity index is 642. The molecule has 1 heterocycles. The topological polar surface area (TPSA) is 52.7 Å². The van der Waals surface area contributed by atoms with Gasteiger partial charge in [0.15, 0.2) is 0 Å². The molecular formula is C21H29N3O2. The molecule has 26 heavy (non-hydrogen) atoms. The summed E-state index contributed by atoms with van der Waals surface area (Å²) in [5.41, 5.74) is 0.561. The van der Waals surface area contributed by atoms with Crippen LogP contribution in [0.4, 0.5) is 0 Å². The maximum absolute atomic E-state index is 13.0. The van der Waals surface area contributed by atoms with E-state index in [-0.39, 0.29) is 17.9 Å². The number of hydrogen-bond acceptors (Lipinski definition) is 3. The molecular weight excluding hydrogens is 326 g/mol. The van der Waals surface area contributed by atoms with Crippen LogP contribution in [0, 0.1) is 5.41 Å². The molecule has 3 aliphatic rings. The first kappa shape index (κ1) is 17.5. The zero-order chi connectivity index (χ0) is 18.0. The Morgan fingerprint density at radius 3 is 2.27 bits per heavy atom. The molecule has 1 saturated heterocycles. The third kappa shape index (κ3) is 3.63. The average Bonchev–Trinajstić information content (AvgIpc) is 3.34. The average molecular weight is 355 g/mol. The third-order valence-electron chi connectivity index (χ3n) is 6.19. The second kappa shape index (κ2) is 7.39. The molecule has 2 amide bonds. The van der Waals surface area contributed by atoms with Crippen molar-refractivity contribution >= 4 is 11.8 Å². The van der Waals surface area contributed by atoms with Gasteiger partial charge in [-0.2, -0.15) is 0 Å². The largest absolute Gasteiger partial charge is 0.352 e. The van der Waals surface area contributed by atoms with E-state index in [0.29, 0.717) is 12.8 Å². The molecule has 5 heteroatoms. The molecule has 1 aromatic carbocycles. The van der Waals surface area contributed by atoms with Crippen LogP contribution in [0.1, 0.15) is 44.1 Å². The van der Waals surface area contributed by atoms with Crippen LogP contribution < -0.4 is 5.32 Å². The Kier molecular flexibility index (Phi) is 4.98. The van der Waals surface area contributed by atoms with Gasteiger partial charge in [-0.05, 0) is 31.2 Å². The van der Waals surface area contributed by atoms with Gasteiger partial charge >= 0.3 is 0 Å². The molecule has 1 aromatic rings. The molecule has 0 spiro atoms. The van der Waals surface area contributed by atoms with E-state index in [9.17, 15) is 9.59 Å². The first-order chi connectivity index (χ1) is 12.7. The molecule has 2 saturated carbocycles. The van der Waals surface area contributed by atoms with Crippen molar-refractivity contribution in [2.75, 3.05) is 26.2 Å². The number of piperazine rings is 1. The molecule has 0 aromatic heterocycles. The van der Waals surface area contributed by atoms with E-state index in [2.05, 4.69) is 34.5 Å². The number of nitrogens with one attached hydrogen (secondary N) is 1. The Morgan fingerprint density at radius 2 is 1.65 bits per heavy atom. The van der Waals surface area contributed by atoms with Crippen LogP contribution in [0.15, 0.2) is 30.3 Å². The molecule has 1 N–H and O–H groups in total. The van der Waals surface area contributed by atoms with Gasteiger partial charge in [0.05, 0.1) is 0 Å². The van der Waals surface area contributed by atoms with E-state index in [1.807, 2.05) is 11.0 Å². The molecule has 0 bridgehead atoms. The zero-order valence-electron chi connectivity index (χ0n) is 15.5. The number of amides is 2. The van der Waals surface area contributed by atoms with Crippen LogP contribution >= 0.6 is 0 Å². The zero-order valence-corrected chi connectivity index (χ0v) is 15.5. The molecule has 0 radical (unpaired) electrons. The fourth-order valence-electron chi connectivity index (χ4n) is 4.31. The van der Waals surface area contributed by atoms with Crippen molar-refractivity contribution < 1.29 is 9.59 Å². The van der Waals surface area contributed by atoms with E-state index in [4.69, 9.17) is 0 Å². The maximum Gasteiger partial charge on any atom is 0.238 e. The monoisotopic (exact) mass is 355 g/mol. The summed E-state index contributed by atoms with van der Waals surface area (Å²) in [5.74, 6) is 0.0495.